The molecule has 0 saturated heterocycles. The third kappa shape index (κ3) is 3.56. The summed E-state index contributed by atoms with van der Waals surface area (Å²) in [6, 6.07) is 1.83. The number of hydrogen-bond donors (Lipinski definition) is 0. The molecule has 1 rings (SSSR count). The van der Waals surface area contributed by atoms with Gasteiger partial charge in [-0.3, -0.25) is 8.86 Å². The molecular formula is C7H12N2O3S. The van der Waals surface area contributed by atoms with Gasteiger partial charge in [-0.05, 0) is 6.07 Å². The van der Waals surface area contributed by atoms with Crippen molar-refractivity contribution in [1.82, 2.24) is 9.78 Å². The Balaban J connectivity index is 2.41. The van der Waals surface area contributed by atoms with E-state index in [1.165, 1.54) is 0 Å². The second-order valence-electron chi connectivity index (χ2n) is 2.72. The van der Waals surface area contributed by atoms with Crippen LogP contribution < -0.4 is 0 Å². The molecule has 0 aromatic carbocycles. The summed E-state index contributed by atoms with van der Waals surface area (Å²) in [6.45, 7) is 0.165. The van der Waals surface area contributed by atoms with E-state index in [4.69, 9.17) is 0 Å². The zero-order chi connectivity index (χ0) is 9.90. The summed E-state index contributed by atoms with van der Waals surface area (Å²) >= 11 is 0. The van der Waals surface area contributed by atoms with Crippen LogP contribution in [0, 0.1) is 0 Å². The maximum atomic E-state index is 10.6. The zero-order valence-corrected chi connectivity index (χ0v) is 8.41. The predicted molar refractivity (Wildman–Crippen MR) is 47.7 cm³/mol. The van der Waals surface area contributed by atoms with Gasteiger partial charge in [0.1, 0.15) is 0 Å². The highest BCUT2D eigenvalue weighted by Crippen LogP contribution is 1.98. The van der Waals surface area contributed by atoms with Gasteiger partial charge in [0.2, 0.25) is 0 Å². The molecule has 0 amide bonds. The Morgan fingerprint density at radius 2 is 2.31 bits per heavy atom. The van der Waals surface area contributed by atoms with E-state index < -0.39 is 10.1 Å². The molecule has 0 radical (unpaired) electrons. The van der Waals surface area contributed by atoms with Gasteiger partial charge in [-0.2, -0.15) is 13.5 Å². The van der Waals surface area contributed by atoms with Crippen molar-refractivity contribution in [3.63, 3.8) is 0 Å². The molecule has 0 saturated carbocycles. The summed E-state index contributed by atoms with van der Waals surface area (Å²) < 4.78 is 27.5. The maximum absolute atomic E-state index is 10.6. The molecule has 0 fully saturated rings. The van der Waals surface area contributed by atoms with Crippen LogP contribution in [0.15, 0.2) is 12.3 Å². The third-order valence-corrected chi connectivity index (χ3v) is 2.17. The first-order valence-corrected chi connectivity index (χ1v) is 5.62. The largest absolute Gasteiger partial charge is 0.273 e. The van der Waals surface area contributed by atoms with Crippen LogP contribution in [0.3, 0.4) is 0 Å². The van der Waals surface area contributed by atoms with E-state index >= 15 is 0 Å². The van der Waals surface area contributed by atoms with Crippen molar-refractivity contribution in [2.45, 2.75) is 6.42 Å². The second-order valence-corrected chi connectivity index (χ2v) is 4.37. The molecule has 1 aromatic rings. The van der Waals surface area contributed by atoms with Gasteiger partial charge in [0.05, 0.1) is 12.9 Å². The van der Waals surface area contributed by atoms with Crippen LogP contribution in [0.5, 0.6) is 0 Å². The van der Waals surface area contributed by atoms with E-state index in [1.807, 2.05) is 6.07 Å². The molecule has 74 valence electrons. The summed E-state index contributed by atoms with van der Waals surface area (Å²) in [5.74, 6) is 0. The van der Waals surface area contributed by atoms with Gasteiger partial charge in [0.25, 0.3) is 10.1 Å². The van der Waals surface area contributed by atoms with E-state index in [0.717, 1.165) is 11.9 Å². The summed E-state index contributed by atoms with van der Waals surface area (Å²) in [4.78, 5) is 0. The van der Waals surface area contributed by atoms with Crippen molar-refractivity contribution in [2.75, 3.05) is 12.9 Å². The molecule has 0 N–H and O–H groups in total. The summed E-state index contributed by atoms with van der Waals surface area (Å²) in [5.41, 5.74) is 0.948. The molecule has 0 aliphatic carbocycles. The van der Waals surface area contributed by atoms with Crippen molar-refractivity contribution in [1.29, 1.82) is 0 Å². The zero-order valence-electron chi connectivity index (χ0n) is 7.60. The monoisotopic (exact) mass is 204 g/mol. The lowest BCUT2D eigenvalue weighted by molar-refractivity contribution is 0.322. The quantitative estimate of drug-likeness (QED) is 0.644. The van der Waals surface area contributed by atoms with Crippen LogP contribution in [-0.4, -0.2) is 31.1 Å². The fourth-order valence-corrected chi connectivity index (χ4v) is 1.33. The molecule has 6 heteroatoms. The van der Waals surface area contributed by atoms with E-state index in [-0.39, 0.29) is 6.61 Å². The first-order chi connectivity index (χ1) is 5.99. The molecule has 0 aliphatic heterocycles. The minimum Gasteiger partial charge on any atom is -0.273 e. The van der Waals surface area contributed by atoms with Crippen LogP contribution in [0.4, 0.5) is 0 Å². The molecular weight excluding hydrogens is 192 g/mol. The fraction of sp³-hybridized carbons (Fsp3) is 0.571. The van der Waals surface area contributed by atoms with Crippen molar-refractivity contribution in [3.05, 3.63) is 18.0 Å². The molecule has 0 unspecified atom stereocenters. The number of aryl methyl sites for hydroxylation is 1. The number of aromatic nitrogens is 2. The molecule has 0 aliphatic rings. The van der Waals surface area contributed by atoms with Gasteiger partial charge in [-0.25, -0.2) is 0 Å². The highest BCUT2D eigenvalue weighted by Gasteiger charge is 2.03. The van der Waals surface area contributed by atoms with E-state index in [9.17, 15) is 8.42 Å². The molecule has 1 aromatic heterocycles. The number of nitrogens with zero attached hydrogens (tertiary/aromatic N) is 2. The third-order valence-electron chi connectivity index (χ3n) is 1.58. The smallest absolute Gasteiger partial charge is 0.264 e. The Morgan fingerprint density at radius 1 is 1.62 bits per heavy atom. The first-order valence-electron chi connectivity index (χ1n) is 3.80. The first kappa shape index (κ1) is 10.2. The van der Waals surface area contributed by atoms with Gasteiger partial charge in [-0.1, -0.05) is 0 Å². The average Bonchev–Trinajstić information content (AvgIpc) is 2.34. The van der Waals surface area contributed by atoms with Crippen LogP contribution in [0.2, 0.25) is 0 Å². The lowest BCUT2D eigenvalue weighted by Crippen LogP contribution is -2.08. The minimum atomic E-state index is -3.32. The standard InChI is InChI=1S/C7H12N2O3S/c1-9-7(3-5-8-9)4-6-12-13(2,10)11/h3,5H,4,6H2,1-2H3. The Kier molecular flexibility index (Phi) is 3.05. The van der Waals surface area contributed by atoms with Gasteiger partial charge in [0, 0.05) is 25.4 Å². The minimum absolute atomic E-state index is 0.165. The SMILES string of the molecule is Cn1nccc1CCOS(C)(=O)=O. The Hall–Kier alpha value is -0.880. The maximum Gasteiger partial charge on any atom is 0.264 e. The summed E-state index contributed by atoms with van der Waals surface area (Å²) in [5, 5.41) is 3.94. The highest BCUT2D eigenvalue weighted by molar-refractivity contribution is 7.85. The number of hydrogen-bond acceptors (Lipinski definition) is 4. The number of rotatable bonds is 4. The van der Waals surface area contributed by atoms with E-state index in [0.29, 0.717) is 6.42 Å². The summed E-state index contributed by atoms with van der Waals surface area (Å²) in [6.07, 6.45) is 3.25. The van der Waals surface area contributed by atoms with Crippen molar-refractivity contribution in [3.8, 4) is 0 Å². The molecule has 0 spiro atoms. The second kappa shape index (κ2) is 3.89. The van der Waals surface area contributed by atoms with E-state index in [2.05, 4.69) is 9.28 Å². The Bertz CT molecular complexity index is 369. The van der Waals surface area contributed by atoms with Crippen LogP contribution >= 0.6 is 0 Å². The van der Waals surface area contributed by atoms with Gasteiger partial charge in [0.15, 0.2) is 0 Å². The average molecular weight is 204 g/mol. The molecule has 13 heavy (non-hydrogen) atoms. The van der Waals surface area contributed by atoms with Crippen LogP contribution in [0.25, 0.3) is 0 Å². The predicted octanol–water partition coefficient (Wildman–Crippen LogP) is -0.0612. The van der Waals surface area contributed by atoms with Crippen molar-refractivity contribution >= 4 is 10.1 Å². The van der Waals surface area contributed by atoms with E-state index in [1.54, 1.807) is 17.9 Å². The highest BCUT2D eigenvalue weighted by atomic mass is 32.2. The fourth-order valence-electron chi connectivity index (χ4n) is 0.944. The van der Waals surface area contributed by atoms with Gasteiger partial charge >= 0.3 is 0 Å². The topological polar surface area (TPSA) is 61.2 Å². The van der Waals surface area contributed by atoms with Gasteiger partial charge < -0.3 is 0 Å². The molecule has 0 atom stereocenters. The molecule has 5 nitrogen and oxygen atoms in total. The lowest BCUT2D eigenvalue weighted by atomic mass is 10.3. The Morgan fingerprint density at radius 3 is 2.77 bits per heavy atom. The molecule has 0 bridgehead atoms. The van der Waals surface area contributed by atoms with Gasteiger partial charge in [-0.15, -0.1) is 0 Å². The normalized spacial score (nSPS) is 11.8. The van der Waals surface area contributed by atoms with Crippen LogP contribution in [-0.2, 0) is 27.8 Å². The summed E-state index contributed by atoms with van der Waals surface area (Å²) in [7, 11) is -1.52. The van der Waals surface area contributed by atoms with Crippen LogP contribution in [0.1, 0.15) is 5.69 Å². The lowest BCUT2D eigenvalue weighted by Gasteiger charge is -2.01. The Labute approximate surface area is 77.4 Å². The van der Waals surface area contributed by atoms with Crippen molar-refractivity contribution < 1.29 is 12.6 Å². The van der Waals surface area contributed by atoms with Crippen molar-refractivity contribution in [2.24, 2.45) is 7.05 Å². The molecule has 1 heterocycles.